The predicted octanol–water partition coefficient (Wildman–Crippen LogP) is 3.11. The number of benzene rings is 1. The summed E-state index contributed by atoms with van der Waals surface area (Å²) in [6, 6.07) is 9.04. The maximum Gasteiger partial charge on any atom is 0.315 e. The number of aliphatic hydroxyl groups is 1. The summed E-state index contributed by atoms with van der Waals surface area (Å²) >= 11 is 1.59. The summed E-state index contributed by atoms with van der Waals surface area (Å²) in [5, 5.41) is 19.3. The number of urea groups is 1. The van der Waals surface area contributed by atoms with Crippen LogP contribution in [0.25, 0.3) is 0 Å². The number of carbonyl (C=O) groups is 1. The molecule has 1 aromatic heterocycles. The van der Waals surface area contributed by atoms with E-state index in [1.807, 2.05) is 42.6 Å². The van der Waals surface area contributed by atoms with E-state index in [1.54, 1.807) is 18.3 Å². The molecule has 3 rings (SSSR count). The molecule has 1 saturated carbocycles. The van der Waals surface area contributed by atoms with E-state index in [0.717, 1.165) is 29.1 Å². The van der Waals surface area contributed by atoms with Crippen molar-refractivity contribution in [2.24, 2.45) is 5.92 Å². The lowest BCUT2D eigenvalue weighted by atomic mass is 9.96. The summed E-state index contributed by atoms with van der Waals surface area (Å²) in [7, 11) is 0. The highest BCUT2D eigenvalue weighted by atomic mass is 32.1. The van der Waals surface area contributed by atoms with Crippen molar-refractivity contribution in [1.29, 1.82) is 0 Å². The molecular formula is C18H23N3O2S. The summed E-state index contributed by atoms with van der Waals surface area (Å²) in [6.07, 6.45) is 2.23. The summed E-state index contributed by atoms with van der Waals surface area (Å²) in [4.78, 5) is 16.8. The van der Waals surface area contributed by atoms with Gasteiger partial charge in [0.2, 0.25) is 0 Å². The highest BCUT2D eigenvalue weighted by molar-refractivity contribution is 7.09. The smallest absolute Gasteiger partial charge is 0.315 e. The van der Waals surface area contributed by atoms with Crippen LogP contribution in [-0.4, -0.2) is 22.7 Å². The van der Waals surface area contributed by atoms with E-state index in [0.29, 0.717) is 5.92 Å². The topological polar surface area (TPSA) is 74.2 Å². The maximum absolute atomic E-state index is 12.3. The van der Waals surface area contributed by atoms with Gasteiger partial charge >= 0.3 is 6.03 Å². The third-order valence-electron chi connectivity index (χ3n) is 4.27. The Morgan fingerprint density at radius 2 is 2.12 bits per heavy atom. The zero-order valence-electron chi connectivity index (χ0n) is 14.0. The van der Waals surface area contributed by atoms with Gasteiger partial charge in [0.25, 0.3) is 0 Å². The maximum atomic E-state index is 12.3. The molecule has 2 unspecified atom stereocenters. The van der Waals surface area contributed by atoms with Gasteiger partial charge in [-0.05, 0) is 38.2 Å². The van der Waals surface area contributed by atoms with Crippen molar-refractivity contribution in [3.8, 4) is 0 Å². The van der Waals surface area contributed by atoms with Crippen molar-refractivity contribution in [2.45, 2.75) is 38.3 Å². The van der Waals surface area contributed by atoms with Crippen LogP contribution >= 0.6 is 11.3 Å². The van der Waals surface area contributed by atoms with Gasteiger partial charge < -0.3 is 15.7 Å². The third-order valence-corrected chi connectivity index (χ3v) is 5.32. The largest absolute Gasteiger partial charge is 0.384 e. The van der Waals surface area contributed by atoms with Gasteiger partial charge in [0, 0.05) is 11.1 Å². The van der Waals surface area contributed by atoms with E-state index in [4.69, 9.17) is 0 Å². The number of nitrogens with zero attached hydrogens (tertiary/aromatic N) is 1. The van der Waals surface area contributed by atoms with Crippen molar-refractivity contribution in [2.75, 3.05) is 6.54 Å². The highest BCUT2D eigenvalue weighted by Gasteiger charge is 2.35. The van der Waals surface area contributed by atoms with Crippen LogP contribution in [0.2, 0.25) is 0 Å². The summed E-state index contributed by atoms with van der Waals surface area (Å²) in [6.45, 7) is 3.81. The number of aromatic nitrogens is 1. The zero-order chi connectivity index (χ0) is 17.2. The van der Waals surface area contributed by atoms with Gasteiger partial charge in [-0.15, -0.1) is 11.3 Å². The SMILES string of the molecule is Cc1csc(C(NC(=O)NCC(C)(O)c2ccccc2)C2CC2)n1. The molecular weight excluding hydrogens is 322 g/mol. The van der Waals surface area contributed by atoms with Crippen molar-refractivity contribution in [3.05, 3.63) is 52.0 Å². The van der Waals surface area contributed by atoms with Gasteiger partial charge in [-0.3, -0.25) is 0 Å². The zero-order valence-corrected chi connectivity index (χ0v) is 14.8. The molecule has 0 aliphatic heterocycles. The van der Waals surface area contributed by atoms with E-state index in [2.05, 4.69) is 15.6 Å². The average Bonchev–Trinajstić information content (AvgIpc) is 3.33. The van der Waals surface area contributed by atoms with Gasteiger partial charge in [0.05, 0.1) is 12.6 Å². The molecule has 2 atom stereocenters. The lowest BCUT2D eigenvalue weighted by molar-refractivity contribution is 0.0592. The molecule has 24 heavy (non-hydrogen) atoms. The summed E-state index contributed by atoms with van der Waals surface area (Å²) in [5.74, 6) is 0.468. The molecule has 0 radical (unpaired) electrons. The first-order chi connectivity index (χ1) is 11.5. The van der Waals surface area contributed by atoms with E-state index in [9.17, 15) is 9.90 Å². The standard InChI is InChI=1S/C18H23N3O2S/c1-12-10-24-16(20-12)15(13-8-9-13)21-17(22)19-11-18(2,23)14-6-4-3-5-7-14/h3-7,10,13,15,23H,8-9,11H2,1-2H3,(H2,19,21,22). The number of nitrogens with one attached hydrogen (secondary N) is 2. The average molecular weight is 345 g/mol. The van der Waals surface area contributed by atoms with Crippen LogP contribution in [0.15, 0.2) is 35.7 Å². The molecule has 3 N–H and O–H groups in total. The fourth-order valence-corrected chi connectivity index (χ4v) is 3.61. The molecule has 0 bridgehead atoms. The summed E-state index contributed by atoms with van der Waals surface area (Å²) < 4.78 is 0. The van der Waals surface area contributed by atoms with Crippen LogP contribution in [0.1, 0.15) is 42.1 Å². The second kappa shape index (κ2) is 6.91. The number of rotatable bonds is 6. The van der Waals surface area contributed by atoms with Crippen LogP contribution in [-0.2, 0) is 5.60 Å². The molecule has 1 aliphatic carbocycles. The number of carbonyl (C=O) groups excluding carboxylic acids is 1. The monoisotopic (exact) mass is 345 g/mol. The Labute approximate surface area is 146 Å². The van der Waals surface area contributed by atoms with Gasteiger partial charge in [-0.25, -0.2) is 9.78 Å². The molecule has 0 saturated heterocycles. The Balaban J connectivity index is 1.58. The van der Waals surface area contributed by atoms with Crippen molar-refractivity contribution < 1.29 is 9.90 Å². The van der Waals surface area contributed by atoms with Crippen LogP contribution in [0.5, 0.6) is 0 Å². The number of thiazole rings is 1. The first-order valence-electron chi connectivity index (χ1n) is 8.20. The van der Waals surface area contributed by atoms with Crippen LogP contribution in [0.4, 0.5) is 4.79 Å². The van der Waals surface area contributed by atoms with E-state index in [1.165, 1.54) is 0 Å². The quantitative estimate of drug-likeness (QED) is 0.753. The Hall–Kier alpha value is -1.92. The molecule has 1 fully saturated rings. The fraction of sp³-hybridized carbons (Fsp3) is 0.444. The number of hydrogen-bond acceptors (Lipinski definition) is 4. The molecule has 5 nitrogen and oxygen atoms in total. The molecule has 128 valence electrons. The molecule has 1 aliphatic rings. The minimum atomic E-state index is -1.11. The number of aryl methyl sites for hydroxylation is 1. The first-order valence-corrected chi connectivity index (χ1v) is 9.08. The summed E-state index contributed by atoms with van der Waals surface area (Å²) in [5.41, 5.74) is 0.653. The fourth-order valence-electron chi connectivity index (χ4n) is 2.67. The highest BCUT2D eigenvalue weighted by Crippen LogP contribution is 2.41. The third kappa shape index (κ3) is 4.13. The van der Waals surface area contributed by atoms with E-state index in [-0.39, 0.29) is 18.6 Å². The Kier molecular flexibility index (Phi) is 4.87. The van der Waals surface area contributed by atoms with Crippen molar-refractivity contribution in [3.63, 3.8) is 0 Å². The van der Waals surface area contributed by atoms with Crippen LogP contribution < -0.4 is 10.6 Å². The first kappa shape index (κ1) is 16.9. The second-order valence-corrected chi connectivity index (χ2v) is 7.50. The van der Waals surface area contributed by atoms with Crippen molar-refractivity contribution >= 4 is 17.4 Å². The lowest BCUT2D eigenvalue weighted by Crippen LogP contribution is -2.44. The Morgan fingerprint density at radius 3 is 2.71 bits per heavy atom. The van der Waals surface area contributed by atoms with Crippen molar-refractivity contribution in [1.82, 2.24) is 15.6 Å². The molecule has 2 amide bonds. The Morgan fingerprint density at radius 1 is 1.42 bits per heavy atom. The number of hydrogen-bond donors (Lipinski definition) is 3. The van der Waals surface area contributed by atoms with Gasteiger partial charge in [-0.2, -0.15) is 0 Å². The second-order valence-electron chi connectivity index (χ2n) is 6.61. The minimum absolute atomic E-state index is 0.0367. The number of amides is 2. The van der Waals surface area contributed by atoms with Gasteiger partial charge in [0.15, 0.2) is 0 Å². The molecule has 1 aromatic carbocycles. The molecule has 0 spiro atoms. The predicted molar refractivity (Wildman–Crippen MR) is 94.9 cm³/mol. The Bertz CT molecular complexity index is 695. The van der Waals surface area contributed by atoms with Crippen LogP contribution in [0, 0.1) is 12.8 Å². The van der Waals surface area contributed by atoms with E-state index < -0.39 is 5.60 Å². The molecule has 6 heteroatoms. The van der Waals surface area contributed by atoms with E-state index >= 15 is 0 Å². The van der Waals surface area contributed by atoms with Gasteiger partial charge in [-0.1, -0.05) is 30.3 Å². The van der Waals surface area contributed by atoms with Gasteiger partial charge in [0.1, 0.15) is 10.6 Å². The normalized spacial score (nSPS) is 17.8. The lowest BCUT2D eigenvalue weighted by Gasteiger charge is -2.25. The molecule has 1 heterocycles. The van der Waals surface area contributed by atoms with Crippen LogP contribution in [0.3, 0.4) is 0 Å². The minimum Gasteiger partial charge on any atom is -0.384 e. The molecule has 2 aromatic rings.